The molecule has 0 fully saturated rings. The molecule has 1 N–H and O–H groups in total. The zero-order chi connectivity index (χ0) is 29.0. The van der Waals surface area contributed by atoms with Gasteiger partial charge in [-0.2, -0.15) is 19.6 Å². The number of aryl methyl sites for hydroxylation is 4. The van der Waals surface area contributed by atoms with Gasteiger partial charge in [0.05, 0.1) is 21.4 Å². The highest BCUT2D eigenvalue weighted by Crippen LogP contribution is 2.29. The molecule has 39 heavy (non-hydrogen) atoms. The Labute approximate surface area is 232 Å². The molecule has 8 nitrogen and oxygen atoms in total. The van der Waals surface area contributed by atoms with Crippen molar-refractivity contribution in [2.75, 3.05) is 6.61 Å². The Bertz CT molecular complexity index is 1730. The number of halogens is 4. The van der Waals surface area contributed by atoms with E-state index in [2.05, 4.69) is 16.1 Å². The lowest BCUT2D eigenvalue weighted by Gasteiger charge is -2.11. The number of nitrogens with zero attached hydrogens (tertiary/aromatic N) is 4. The van der Waals surface area contributed by atoms with Crippen molar-refractivity contribution in [1.29, 1.82) is 0 Å². The Morgan fingerprint density at radius 3 is 1.79 bits per heavy atom. The van der Waals surface area contributed by atoms with Crippen LogP contribution in [0.1, 0.15) is 22.5 Å². The van der Waals surface area contributed by atoms with Gasteiger partial charge in [0.15, 0.2) is 11.6 Å². The van der Waals surface area contributed by atoms with Gasteiger partial charge < -0.3 is 9.84 Å². The highest BCUT2D eigenvalue weighted by molar-refractivity contribution is 6.32. The molecular formula is C27H22Cl2F2N4O4. The molecule has 0 spiro atoms. The number of terminal acetylenes is 1. The summed E-state index contributed by atoms with van der Waals surface area (Å²) < 4.78 is 34.9. The number of ether oxygens (including phenoxy) is 1. The van der Waals surface area contributed by atoms with Crippen LogP contribution in [0.2, 0.25) is 10.0 Å². The first-order chi connectivity index (χ1) is 18.3. The van der Waals surface area contributed by atoms with E-state index in [1.165, 1.54) is 18.2 Å². The van der Waals surface area contributed by atoms with Crippen LogP contribution in [-0.2, 0) is 0 Å². The van der Waals surface area contributed by atoms with E-state index in [0.29, 0.717) is 11.4 Å². The number of benzene rings is 2. The topological polar surface area (TPSA) is 99.2 Å². The summed E-state index contributed by atoms with van der Waals surface area (Å²) in [4.78, 5) is 23.7. The summed E-state index contributed by atoms with van der Waals surface area (Å²) in [6, 6.07) is 7.12. The van der Waals surface area contributed by atoms with Gasteiger partial charge in [-0.15, -0.1) is 6.42 Å². The first kappa shape index (κ1) is 29.4. The van der Waals surface area contributed by atoms with E-state index >= 15 is 0 Å². The van der Waals surface area contributed by atoms with Crippen molar-refractivity contribution >= 4 is 23.2 Å². The quantitative estimate of drug-likeness (QED) is 0.344. The smallest absolute Gasteiger partial charge is 0.271 e. The van der Waals surface area contributed by atoms with Crippen molar-refractivity contribution in [3.05, 3.63) is 101 Å². The van der Waals surface area contributed by atoms with Crippen LogP contribution in [0.15, 0.2) is 46.0 Å². The monoisotopic (exact) mass is 574 g/mol. The highest BCUT2D eigenvalue weighted by Gasteiger charge is 2.15. The second-order valence-electron chi connectivity index (χ2n) is 8.31. The van der Waals surface area contributed by atoms with Crippen LogP contribution in [0.25, 0.3) is 11.4 Å². The molecule has 0 aliphatic rings. The standard InChI is InChI=1S/C15H12ClFN2O2.C12H10ClFN2O2/c1-4-5-21-14-8-13(12(17)7-11(14)16)19-15(20)6-9(2)10(3)18-19;1-6-3-12(18)16(15-7(6)2)10-5-11(17)8(13)4-9(10)14/h1,6-8H,5H2,2-3H3;3-5,17H,1-2H3. The molecule has 0 bridgehead atoms. The van der Waals surface area contributed by atoms with Crippen molar-refractivity contribution in [2.24, 2.45) is 0 Å². The maximum atomic E-state index is 14.1. The van der Waals surface area contributed by atoms with E-state index in [1.807, 2.05) is 0 Å². The molecule has 0 aliphatic carbocycles. The van der Waals surface area contributed by atoms with Crippen molar-refractivity contribution < 1.29 is 18.6 Å². The average molecular weight is 575 g/mol. The molecule has 0 unspecified atom stereocenters. The van der Waals surface area contributed by atoms with E-state index < -0.39 is 22.8 Å². The molecule has 12 heteroatoms. The SMILES string of the molecule is C#CCOc1cc(-n2nc(C)c(C)cc2=O)c(F)cc1Cl.Cc1cc(=O)n(-c2cc(O)c(Cl)cc2F)nc1C. The van der Waals surface area contributed by atoms with E-state index in [4.69, 9.17) is 34.4 Å². The van der Waals surface area contributed by atoms with Crippen LogP contribution in [0, 0.1) is 51.7 Å². The lowest BCUT2D eigenvalue weighted by molar-refractivity contribution is 0.369. The number of aromatic nitrogens is 4. The summed E-state index contributed by atoms with van der Waals surface area (Å²) in [6.45, 7) is 6.92. The van der Waals surface area contributed by atoms with Gasteiger partial charge in [-0.3, -0.25) is 9.59 Å². The molecule has 2 aromatic carbocycles. The highest BCUT2D eigenvalue weighted by atomic mass is 35.5. The fourth-order valence-corrected chi connectivity index (χ4v) is 3.56. The molecule has 0 aliphatic heterocycles. The van der Waals surface area contributed by atoms with Gasteiger partial charge >= 0.3 is 0 Å². The summed E-state index contributed by atoms with van der Waals surface area (Å²) in [7, 11) is 0. The van der Waals surface area contributed by atoms with Gasteiger partial charge in [0.2, 0.25) is 0 Å². The molecule has 0 radical (unpaired) electrons. The van der Waals surface area contributed by atoms with E-state index in [0.717, 1.165) is 38.7 Å². The van der Waals surface area contributed by atoms with Crippen molar-refractivity contribution in [2.45, 2.75) is 27.7 Å². The van der Waals surface area contributed by atoms with E-state index in [-0.39, 0.29) is 39.5 Å². The second-order valence-corrected chi connectivity index (χ2v) is 9.12. The molecule has 0 amide bonds. The van der Waals surface area contributed by atoms with Gasteiger partial charge in [-0.05, 0) is 51.0 Å². The summed E-state index contributed by atoms with van der Waals surface area (Å²) in [5, 5.41) is 17.5. The van der Waals surface area contributed by atoms with Crippen LogP contribution in [0.4, 0.5) is 8.78 Å². The molecule has 0 atom stereocenters. The van der Waals surface area contributed by atoms with Gasteiger partial charge in [-0.1, -0.05) is 29.1 Å². The molecule has 2 aromatic heterocycles. The maximum absolute atomic E-state index is 14.1. The van der Waals surface area contributed by atoms with Crippen molar-refractivity contribution in [1.82, 2.24) is 19.6 Å². The average Bonchev–Trinajstić information content (AvgIpc) is 2.86. The largest absolute Gasteiger partial charge is 0.506 e. The Hall–Kier alpha value is -4.20. The third kappa shape index (κ3) is 6.63. The summed E-state index contributed by atoms with van der Waals surface area (Å²) in [5.74, 6) is 0.772. The zero-order valence-corrected chi connectivity index (χ0v) is 22.7. The third-order valence-electron chi connectivity index (χ3n) is 5.52. The van der Waals surface area contributed by atoms with Gasteiger partial charge in [0.1, 0.15) is 29.5 Å². The summed E-state index contributed by atoms with van der Waals surface area (Å²) in [6.07, 6.45) is 5.11. The molecular weight excluding hydrogens is 553 g/mol. The zero-order valence-electron chi connectivity index (χ0n) is 21.2. The van der Waals surface area contributed by atoms with Gasteiger partial charge in [-0.25, -0.2) is 8.78 Å². The molecule has 0 saturated carbocycles. The van der Waals surface area contributed by atoms with E-state index in [9.17, 15) is 23.5 Å². The van der Waals surface area contributed by atoms with E-state index in [1.54, 1.807) is 27.7 Å². The number of phenols is 1. The molecule has 202 valence electrons. The molecule has 0 saturated heterocycles. The number of hydrogen-bond donors (Lipinski definition) is 1. The molecule has 2 heterocycles. The van der Waals surface area contributed by atoms with Crippen molar-refractivity contribution in [3.8, 4) is 35.2 Å². The van der Waals surface area contributed by atoms with Crippen LogP contribution in [0.3, 0.4) is 0 Å². The van der Waals surface area contributed by atoms with Crippen LogP contribution in [0.5, 0.6) is 11.5 Å². The Morgan fingerprint density at radius 2 is 1.31 bits per heavy atom. The lowest BCUT2D eigenvalue weighted by Crippen LogP contribution is -2.23. The number of aromatic hydroxyl groups is 1. The van der Waals surface area contributed by atoms with Gasteiger partial charge in [0.25, 0.3) is 11.1 Å². The maximum Gasteiger partial charge on any atom is 0.271 e. The number of phenolic OH excluding ortho intramolecular Hbond substituents is 1. The van der Waals surface area contributed by atoms with Gasteiger partial charge in [0, 0.05) is 24.3 Å². The lowest BCUT2D eigenvalue weighted by atomic mass is 10.2. The Balaban J connectivity index is 0.000000218. The Kier molecular flexibility index (Phi) is 9.11. The number of rotatable bonds is 4. The number of hydrogen-bond acceptors (Lipinski definition) is 6. The minimum absolute atomic E-state index is 0.0138. The van der Waals surface area contributed by atoms with Crippen LogP contribution in [-0.4, -0.2) is 31.3 Å². The minimum Gasteiger partial charge on any atom is -0.506 e. The molecule has 4 rings (SSSR count). The second kappa shape index (κ2) is 12.1. The fourth-order valence-electron chi connectivity index (χ4n) is 3.20. The third-order valence-corrected chi connectivity index (χ3v) is 6.12. The molecule has 4 aromatic rings. The van der Waals surface area contributed by atoms with Crippen molar-refractivity contribution in [3.63, 3.8) is 0 Å². The predicted molar refractivity (Wildman–Crippen MR) is 145 cm³/mol. The Morgan fingerprint density at radius 1 is 0.846 bits per heavy atom. The minimum atomic E-state index is -0.726. The first-order valence-electron chi connectivity index (χ1n) is 11.2. The van der Waals surface area contributed by atoms with Crippen LogP contribution < -0.4 is 15.9 Å². The van der Waals surface area contributed by atoms with Crippen LogP contribution >= 0.6 is 23.2 Å². The summed E-state index contributed by atoms with van der Waals surface area (Å²) in [5.41, 5.74) is 1.58. The predicted octanol–water partition coefficient (Wildman–Crippen LogP) is 5.00. The summed E-state index contributed by atoms with van der Waals surface area (Å²) >= 11 is 11.5. The normalized spacial score (nSPS) is 10.4. The fraction of sp³-hybridized carbons (Fsp3) is 0.185. The first-order valence-corrected chi connectivity index (χ1v) is 12.0.